The molecule has 0 fully saturated rings. The van der Waals surface area contributed by atoms with Gasteiger partial charge in [0.05, 0.1) is 5.56 Å². The topological polar surface area (TPSA) is 50.2 Å². The number of hydrogen-bond donors (Lipinski definition) is 1. The molecule has 0 bridgehead atoms. The van der Waals surface area contributed by atoms with Crippen molar-refractivity contribution in [2.45, 2.75) is 0 Å². The quantitative estimate of drug-likeness (QED) is 0.781. The Kier molecular flexibility index (Phi) is 4.37. The number of carbonyl (C=O) groups is 1. The highest BCUT2D eigenvalue weighted by Gasteiger charge is 1.96. The maximum atomic E-state index is 10.2. The van der Waals surface area contributed by atoms with Crippen LogP contribution >= 0.6 is 11.5 Å². The molecule has 0 spiro atoms. The predicted molar refractivity (Wildman–Crippen MR) is 55.5 cm³/mol. The number of carboxylic acid groups (broad SMARTS) is 1. The van der Waals surface area contributed by atoms with E-state index in [2.05, 4.69) is 4.37 Å². The lowest BCUT2D eigenvalue weighted by molar-refractivity contribution is 0.0697. The van der Waals surface area contributed by atoms with Crippen LogP contribution in [0.3, 0.4) is 0 Å². The Hall–Kier alpha value is -1.68. The number of hydrogen-bond acceptors (Lipinski definition) is 3. The molecule has 72 valence electrons. The summed E-state index contributed by atoms with van der Waals surface area (Å²) < 4.78 is 3.76. The van der Waals surface area contributed by atoms with Crippen molar-refractivity contribution in [2.24, 2.45) is 0 Å². The highest BCUT2D eigenvalue weighted by atomic mass is 32.1. The summed E-state index contributed by atoms with van der Waals surface area (Å²) >= 11 is 1.46. The number of benzene rings is 1. The van der Waals surface area contributed by atoms with E-state index in [1.165, 1.54) is 11.5 Å². The normalized spacial score (nSPS) is 8.57. The largest absolute Gasteiger partial charge is 0.478 e. The minimum atomic E-state index is -0.879. The van der Waals surface area contributed by atoms with Gasteiger partial charge in [0.15, 0.2) is 0 Å². The second-order valence-corrected chi connectivity index (χ2v) is 3.05. The number of aromatic nitrogens is 1. The molecule has 0 saturated heterocycles. The molecule has 1 heterocycles. The molecule has 0 amide bonds. The van der Waals surface area contributed by atoms with E-state index >= 15 is 0 Å². The van der Waals surface area contributed by atoms with E-state index in [1.807, 2.05) is 11.4 Å². The van der Waals surface area contributed by atoms with Crippen molar-refractivity contribution in [1.29, 1.82) is 0 Å². The Labute approximate surface area is 85.8 Å². The fourth-order valence-corrected chi connectivity index (χ4v) is 1.11. The first-order chi connectivity index (χ1) is 6.80. The minimum absolute atomic E-state index is 0.331. The Bertz CT molecular complexity index is 342. The molecule has 4 heteroatoms. The van der Waals surface area contributed by atoms with Gasteiger partial charge >= 0.3 is 5.97 Å². The summed E-state index contributed by atoms with van der Waals surface area (Å²) in [6.45, 7) is 0. The number of nitrogens with zero attached hydrogens (tertiary/aromatic N) is 1. The molecule has 1 aromatic heterocycles. The van der Waals surface area contributed by atoms with E-state index in [0.717, 1.165) is 0 Å². The van der Waals surface area contributed by atoms with E-state index < -0.39 is 5.97 Å². The van der Waals surface area contributed by atoms with Gasteiger partial charge in [0.1, 0.15) is 0 Å². The zero-order valence-electron chi connectivity index (χ0n) is 7.33. The monoisotopic (exact) mass is 207 g/mol. The van der Waals surface area contributed by atoms with Gasteiger partial charge in [-0.05, 0) is 29.7 Å². The van der Waals surface area contributed by atoms with Crippen molar-refractivity contribution in [2.75, 3.05) is 0 Å². The minimum Gasteiger partial charge on any atom is -0.478 e. The number of carboxylic acids is 1. The first kappa shape index (κ1) is 10.4. The zero-order chi connectivity index (χ0) is 10.2. The Morgan fingerprint density at radius 1 is 1.21 bits per heavy atom. The Morgan fingerprint density at radius 2 is 1.93 bits per heavy atom. The van der Waals surface area contributed by atoms with Gasteiger partial charge in [0.25, 0.3) is 0 Å². The van der Waals surface area contributed by atoms with Crippen molar-refractivity contribution < 1.29 is 9.90 Å². The maximum Gasteiger partial charge on any atom is 0.335 e. The number of rotatable bonds is 1. The van der Waals surface area contributed by atoms with Crippen LogP contribution in [0.4, 0.5) is 0 Å². The molecule has 0 atom stereocenters. The molecule has 0 saturated carbocycles. The third-order valence-electron chi connectivity index (χ3n) is 1.37. The molecular formula is C10H9NO2S. The summed E-state index contributed by atoms with van der Waals surface area (Å²) in [5, 5.41) is 10.3. The van der Waals surface area contributed by atoms with Gasteiger partial charge in [-0.15, -0.1) is 0 Å². The Morgan fingerprint density at radius 3 is 2.21 bits per heavy atom. The third-order valence-corrected chi connectivity index (χ3v) is 1.89. The van der Waals surface area contributed by atoms with E-state index in [1.54, 1.807) is 36.5 Å². The fraction of sp³-hybridized carbons (Fsp3) is 0. The first-order valence-electron chi connectivity index (χ1n) is 3.93. The van der Waals surface area contributed by atoms with Crippen LogP contribution in [0.1, 0.15) is 10.4 Å². The Balaban J connectivity index is 0.000000165. The molecule has 0 aliphatic heterocycles. The standard InChI is InChI=1S/C7H6O2.C3H3NS/c8-7(9)6-4-2-1-3-5-6;1-2-4-5-3-1/h1-5H,(H,8,9);1-3H. The van der Waals surface area contributed by atoms with Crippen LogP contribution in [0, 0.1) is 0 Å². The molecule has 2 aromatic rings. The summed E-state index contributed by atoms with van der Waals surface area (Å²) in [7, 11) is 0. The smallest absolute Gasteiger partial charge is 0.335 e. The lowest BCUT2D eigenvalue weighted by Crippen LogP contribution is -1.93. The van der Waals surface area contributed by atoms with Crippen LogP contribution in [0.25, 0.3) is 0 Å². The summed E-state index contributed by atoms with van der Waals surface area (Å²) in [4.78, 5) is 10.2. The molecule has 1 N–H and O–H groups in total. The maximum absolute atomic E-state index is 10.2. The van der Waals surface area contributed by atoms with Crippen molar-refractivity contribution in [3.05, 3.63) is 53.5 Å². The molecular weight excluding hydrogens is 198 g/mol. The molecule has 0 radical (unpaired) electrons. The third kappa shape index (κ3) is 3.82. The van der Waals surface area contributed by atoms with Crippen LogP contribution < -0.4 is 0 Å². The zero-order valence-corrected chi connectivity index (χ0v) is 8.15. The summed E-state index contributed by atoms with van der Waals surface area (Å²) in [6.07, 6.45) is 1.77. The second-order valence-electron chi connectivity index (χ2n) is 2.36. The van der Waals surface area contributed by atoms with Crippen molar-refractivity contribution in [3.8, 4) is 0 Å². The van der Waals surface area contributed by atoms with Crippen LogP contribution in [0.5, 0.6) is 0 Å². The average molecular weight is 207 g/mol. The van der Waals surface area contributed by atoms with Crippen LogP contribution in [0.15, 0.2) is 48.0 Å². The van der Waals surface area contributed by atoms with Crippen molar-refractivity contribution in [3.63, 3.8) is 0 Å². The highest BCUT2D eigenvalue weighted by molar-refractivity contribution is 7.03. The van der Waals surface area contributed by atoms with Gasteiger partial charge in [-0.1, -0.05) is 18.2 Å². The van der Waals surface area contributed by atoms with Gasteiger partial charge < -0.3 is 5.11 Å². The molecule has 3 nitrogen and oxygen atoms in total. The fourth-order valence-electron chi connectivity index (χ4n) is 0.756. The predicted octanol–water partition coefficient (Wildman–Crippen LogP) is 2.53. The van der Waals surface area contributed by atoms with Gasteiger partial charge in [-0.3, -0.25) is 0 Å². The van der Waals surface area contributed by atoms with Crippen LogP contribution in [0.2, 0.25) is 0 Å². The average Bonchev–Trinajstić information content (AvgIpc) is 2.77. The summed E-state index contributed by atoms with van der Waals surface area (Å²) in [5.74, 6) is -0.879. The molecule has 0 unspecified atom stereocenters. The van der Waals surface area contributed by atoms with Crippen LogP contribution in [-0.2, 0) is 0 Å². The lowest BCUT2D eigenvalue weighted by atomic mass is 10.2. The molecule has 2 rings (SSSR count). The van der Waals surface area contributed by atoms with Gasteiger partial charge in [0.2, 0.25) is 0 Å². The second kappa shape index (κ2) is 5.88. The van der Waals surface area contributed by atoms with E-state index in [4.69, 9.17) is 5.11 Å². The van der Waals surface area contributed by atoms with Crippen molar-refractivity contribution in [1.82, 2.24) is 4.37 Å². The molecule has 0 aliphatic carbocycles. The van der Waals surface area contributed by atoms with Gasteiger partial charge in [-0.2, -0.15) is 0 Å². The SMILES string of the molecule is O=C(O)c1ccccc1.c1cnsc1. The summed E-state index contributed by atoms with van der Waals surface area (Å²) in [5.41, 5.74) is 0.331. The first-order valence-corrected chi connectivity index (χ1v) is 4.77. The van der Waals surface area contributed by atoms with E-state index in [9.17, 15) is 4.79 Å². The molecule has 14 heavy (non-hydrogen) atoms. The van der Waals surface area contributed by atoms with Gasteiger partial charge in [0, 0.05) is 11.6 Å². The number of aromatic carboxylic acids is 1. The molecule has 0 aliphatic rings. The van der Waals surface area contributed by atoms with Crippen LogP contribution in [-0.4, -0.2) is 15.4 Å². The highest BCUT2D eigenvalue weighted by Crippen LogP contribution is 1.96. The van der Waals surface area contributed by atoms with Gasteiger partial charge in [-0.25, -0.2) is 9.17 Å². The molecule has 1 aromatic carbocycles. The lowest BCUT2D eigenvalue weighted by Gasteiger charge is -1.88. The van der Waals surface area contributed by atoms with E-state index in [0.29, 0.717) is 5.56 Å². The van der Waals surface area contributed by atoms with Crippen molar-refractivity contribution >= 4 is 17.5 Å². The van der Waals surface area contributed by atoms with E-state index in [-0.39, 0.29) is 0 Å². The summed E-state index contributed by atoms with van der Waals surface area (Å²) in [6, 6.07) is 10.2.